The van der Waals surface area contributed by atoms with E-state index in [1.54, 1.807) is 31.2 Å². The van der Waals surface area contributed by atoms with Crippen molar-refractivity contribution in [1.82, 2.24) is 10.2 Å². The van der Waals surface area contributed by atoms with Gasteiger partial charge >= 0.3 is 0 Å². The van der Waals surface area contributed by atoms with Gasteiger partial charge in [-0.3, -0.25) is 13.9 Å². The number of halogens is 3. The van der Waals surface area contributed by atoms with E-state index in [0.717, 1.165) is 10.6 Å². The van der Waals surface area contributed by atoms with Crippen molar-refractivity contribution in [3.05, 3.63) is 63.1 Å². The molecule has 2 rings (SSSR count). The first kappa shape index (κ1) is 28.2. The average molecular weight is 549 g/mol. The number of rotatable bonds is 10. The summed E-state index contributed by atoms with van der Waals surface area (Å²) in [6.45, 7) is 4.85. The Hall–Kier alpha value is -2.00. The molecule has 7 nitrogen and oxygen atoms in total. The van der Waals surface area contributed by atoms with Gasteiger partial charge in [0.05, 0.1) is 17.0 Å². The summed E-state index contributed by atoms with van der Waals surface area (Å²) in [6, 6.07) is 10.3. The van der Waals surface area contributed by atoms with Crippen molar-refractivity contribution >= 4 is 62.3 Å². The maximum Gasteiger partial charge on any atom is 0.244 e. The molecule has 2 amide bonds. The smallest absolute Gasteiger partial charge is 0.244 e. The lowest BCUT2D eigenvalue weighted by Gasteiger charge is -2.33. The number of nitrogens with zero attached hydrogens (tertiary/aromatic N) is 2. The Morgan fingerprint density at radius 2 is 1.68 bits per heavy atom. The second kappa shape index (κ2) is 12.1. The van der Waals surface area contributed by atoms with Crippen molar-refractivity contribution in [2.75, 3.05) is 17.1 Å². The van der Waals surface area contributed by atoms with Crippen LogP contribution >= 0.6 is 34.8 Å². The Labute approximate surface area is 216 Å². The second-order valence-electron chi connectivity index (χ2n) is 8.07. The predicted octanol–water partition coefficient (Wildman–Crippen LogP) is 4.74. The quantitative estimate of drug-likeness (QED) is 0.464. The third-order valence-electron chi connectivity index (χ3n) is 4.97. The number of anilines is 1. The van der Waals surface area contributed by atoms with E-state index in [4.69, 9.17) is 34.8 Å². The Morgan fingerprint density at radius 1 is 1.03 bits per heavy atom. The number of hydrogen-bond acceptors (Lipinski definition) is 4. The van der Waals surface area contributed by atoms with Gasteiger partial charge in [0.1, 0.15) is 12.6 Å². The summed E-state index contributed by atoms with van der Waals surface area (Å²) < 4.78 is 26.2. The molecule has 0 saturated heterocycles. The zero-order valence-corrected chi connectivity index (χ0v) is 22.5. The summed E-state index contributed by atoms with van der Waals surface area (Å²) in [4.78, 5) is 27.9. The highest BCUT2D eigenvalue weighted by Gasteiger charge is 2.32. The second-order valence-corrected chi connectivity index (χ2v) is 11.2. The van der Waals surface area contributed by atoms with Crippen LogP contribution in [-0.4, -0.2) is 50.0 Å². The van der Waals surface area contributed by atoms with Crippen LogP contribution in [0.25, 0.3) is 0 Å². The van der Waals surface area contributed by atoms with Gasteiger partial charge in [-0.25, -0.2) is 8.42 Å². The molecule has 1 N–H and O–H groups in total. The number of hydrogen-bond donors (Lipinski definition) is 1. The highest BCUT2D eigenvalue weighted by atomic mass is 35.5. The molecular weight excluding hydrogens is 521 g/mol. The summed E-state index contributed by atoms with van der Waals surface area (Å²) in [7, 11) is -3.92. The van der Waals surface area contributed by atoms with Gasteiger partial charge in [-0.1, -0.05) is 59.9 Å². The molecule has 0 aliphatic heterocycles. The summed E-state index contributed by atoms with van der Waals surface area (Å²) in [6.07, 6.45) is 1.28. The Balaban J connectivity index is 2.50. The number of amides is 2. The first-order valence-corrected chi connectivity index (χ1v) is 13.6. The molecule has 186 valence electrons. The van der Waals surface area contributed by atoms with E-state index in [-0.39, 0.29) is 34.2 Å². The van der Waals surface area contributed by atoms with E-state index in [0.29, 0.717) is 17.0 Å². The normalized spacial score (nSPS) is 12.4. The van der Waals surface area contributed by atoms with Crippen LogP contribution in [0, 0.1) is 0 Å². The molecule has 0 heterocycles. The van der Waals surface area contributed by atoms with Crippen LogP contribution in [0.4, 0.5) is 5.69 Å². The minimum atomic E-state index is -3.92. The molecular formula is C23H28Cl3N3O4S. The SMILES string of the molecule is CC[C@H](C(=O)NC(C)C)N(Cc1ccccc1Cl)C(=O)CN(c1cc(Cl)ccc1Cl)S(C)(=O)=O. The van der Waals surface area contributed by atoms with Crippen molar-refractivity contribution in [2.24, 2.45) is 0 Å². The molecule has 11 heteroatoms. The van der Waals surface area contributed by atoms with Gasteiger partial charge in [-0.15, -0.1) is 0 Å². The maximum absolute atomic E-state index is 13.6. The lowest BCUT2D eigenvalue weighted by Crippen LogP contribution is -2.53. The highest BCUT2D eigenvalue weighted by Crippen LogP contribution is 2.31. The molecule has 0 unspecified atom stereocenters. The van der Waals surface area contributed by atoms with Crippen LogP contribution in [0.3, 0.4) is 0 Å². The number of sulfonamides is 1. The minimum absolute atomic E-state index is 0.0173. The predicted molar refractivity (Wildman–Crippen MR) is 138 cm³/mol. The van der Waals surface area contributed by atoms with Gasteiger partial charge in [0.2, 0.25) is 21.8 Å². The molecule has 0 spiro atoms. The van der Waals surface area contributed by atoms with E-state index >= 15 is 0 Å². The third kappa shape index (κ3) is 7.50. The molecule has 0 saturated carbocycles. The molecule has 0 aliphatic carbocycles. The average Bonchev–Trinajstić information content (AvgIpc) is 2.73. The van der Waals surface area contributed by atoms with Crippen LogP contribution in [0.2, 0.25) is 15.1 Å². The van der Waals surface area contributed by atoms with E-state index in [1.165, 1.54) is 23.1 Å². The van der Waals surface area contributed by atoms with E-state index in [1.807, 2.05) is 13.8 Å². The Morgan fingerprint density at radius 3 is 2.24 bits per heavy atom. The summed E-state index contributed by atoms with van der Waals surface area (Å²) in [5, 5.41) is 3.63. The zero-order chi connectivity index (χ0) is 25.6. The fourth-order valence-electron chi connectivity index (χ4n) is 3.38. The van der Waals surface area contributed by atoms with Crippen molar-refractivity contribution in [1.29, 1.82) is 0 Å². The molecule has 2 aromatic carbocycles. The summed E-state index contributed by atoms with van der Waals surface area (Å²) in [5.41, 5.74) is 0.697. The van der Waals surface area contributed by atoms with E-state index in [2.05, 4.69) is 5.32 Å². The largest absolute Gasteiger partial charge is 0.352 e. The van der Waals surface area contributed by atoms with Crippen LogP contribution < -0.4 is 9.62 Å². The van der Waals surface area contributed by atoms with Crippen LogP contribution in [0.15, 0.2) is 42.5 Å². The molecule has 34 heavy (non-hydrogen) atoms. The van der Waals surface area contributed by atoms with Crippen LogP contribution in [0.1, 0.15) is 32.8 Å². The first-order valence-electron chi connectivity index (χ1n) is 10.6. The van der Waals surface area contributed by atoms with Gasteiger partial charge in [0, 0.05) is 22.6 Å². The molecule has 0 bridgehead atoms. The van der Waals surface area contributed by atoms with Gasteiger partial charge in [-0.05, 0) is 50.1 Å². The molecule has 0 aromatic heterocycles. The lowest BCUT2D eigenvalue weighted by atomic mass is 10.1. The van der Waals surface area contributed by atoms with Gasteiger partial charge < -0.3 is 10.2 Å². The minimum Gasteiger partial charge on any atom is -0.352 e. The summed E-state index contributed by atoms with van der Waals surface area (Å²) >= 11 is 18.6. The highest BCUT2D eigenvalue weighted by molar-refractivity contribution is 7.92. The lowest BCUT2D eigenvalue weighted by molar-refractivity contribution is -0.140. The number of benzene rings is 2. The first-order chi connectivity index (χ1) is 15.8. The van der Waals surface area contributed by atoms with Crippen LogP contribution in [0.5, 0.6) is 0 Å². The number of carbonyl (C=O) groups excluding carboxylic acids is 2. The molecule has 0 aliphatic rings. The van der Waals surface area contributed by atoms with Crippen molar-refractivity contribution in [3.63, 3.8) is 0 Å². The zero-order valence-electron chi connectivity index (χ0n) is 19.4. The maximum atomic E-state index is 13.6. The van der Waals surface area contributed by atoms with E-state index in [9.17, 15) is 18.0 Å². The van der Waals surface area contributed by atoms with Gasteiger partial charge in [0.25, 0.3) is 0 Å². The standard InChI is InChI=1S/C23H28Cl3N3O4S/c1-5-20(23(31)27-15(2)3)28(13-16-8-6-7-9-18(16)25)22(30)14-29(34(4,32)33)21-12-17(24)10-11-19(21)26/h6-12,15,20H,5,13-14H2,1-4H3,(H,27,31)/t20-/m1/s1. The number of carbonyl (C=O) groups is 2. The van der Waals surface area contributed by atoms with Crippen LogP contribution in [-0.2, 0) is 26.2 Å². The monoisotopic (exact) mass is 547 g/mol. The summed E-state index contributed by atoms with van der Waals surface area (Å²) in [5.74, 6) is -0.934. The number of nitrogens with one attached hydrogen (secondary N) is 1. The molecule has 1 atom stereocenters. The van der Waals surface area contributed by atoms with Crippen molar-refractivity contribution < 1.29 is 18.0 Å². The van der Waals surface area contributed by atoms with Gasteiger partial charge in [-0.2, -0.15) is 0 Å². The van der Waals surface area contributed by atoms with Gasteiger partial charge in [0.15, 0.2) is 0 Å². The topological polar surface area (TPSA) is 86.8 Å². The fraction of sp³-hybridized carbons (Fsp3) is 0.391. The fourth-order valence-corrected chi connectivity index (χ4v) is 4.87. The molecule has 0 radical (unpaired) electrons. The molecule has 0 fully saturated rings. The molecule has 2 aromatic rings. The third-order valence-corrected chi connectivity index (χ3v) is 7.02. The van der Waals surface area contributed by atoms with E-state index < -0.39 is 28.5 Å². The Bertz CT molecular complexity index is 1140. The Kier molecular flexibility index (Phi) is 10.1. The van der Waals surface area contributed by atoms with Crippen molar-refractivity contribution in [2.45, 2.75) is 45.8 Å². The van der Waals surface area contributed by atoms with Crippen molar-refractivity contribution in [3.8, 4) is 0 Å².